The Bertz CT molecular complexity index is 758. The van der Waals surface area contributed by atoms with E-state index in [0.29, 0.717) is 5.82 Å². The van der Waals surface area contributed by atoms with Crippen molar-refractivity contribution < 1.29 is 0 Å². The van der Waals surface area contributed by atoms with Crippen molar-refractivity contribution in [2.45, 2.75) is 0 Å². The summed E-state index contributed by atoms with van der Waals surface area (Å²) in [6, 6.07) is 3.72. The smallest absolute Gasteiger partial charge is 0.293 e. The number of hydrogen-bond acceptors (Lipinski definition) is 4. The maximum Gasteiger partial charge on any atom is 0.293 e. The molecular weight excluding hydrogens is 230 g/mol. The fourth-order valence-electron chi connectivity index (χ4n) is 1.71. The summed E-state index contributed by atoms with van der Waals surface area (Å²) in [7, 11) is 1.69. The van der Waals surface area contributed by atoms with E-state index < -0.39 is 0 Å². The van der Waals surface area contributed by atoms with Crippen molar-refractivity contribution in [1.29, 1.82) is 0 Å². The van der Waals surface area contributed by atoms with Crippen molar-refractivity contribution in [3.63, 3.8) is 0 Å². The molecule has 0 fully saturated rings. The molecule has 6 heteroatoms. The largest absolute Gasteiger partial charge is 0.335 e. The maximum absolute atomic E-state index is 11.8. The molecule has 0 saturated heterocycles. The fraction of sp³-hybridized carbons (Fsp3) is 0.0833. The van der Waals surface area contributed by atoms with Crippen LogP contribution in [0.25, 0.3) is 5.65 Å². The number of aryl methyl sites for hydroxylation is 1. The van der Waals surface area contributed by atoms with Gasteiger partial charge in [-0.05, 0) is 6.07 Å². The summed E-state index contributed by atoms with van der Waals surface area (Å²) in [5.74, 6) is 0.302. The van der Waals surface area contributed by atoms with Crippen molar-refractivity contribution in [2.75, 3.05) is 5.32 Å². The van der Waals surface area contributed by atoms with E-state index in [2.05, 4.69) is 15.3 Å². The maximum atomic E-state index is 11.8. The summed E-state index contributed by atoms with van der Waals surface area (Å²) in [5.41, 5.74) is 1.43. The Hall–Kier alpha value is -2.63. The van der Waals surface area contributed by atoms with Crippen LogP contribution in [0.5, 0.6) is 0 Å². The molecule has 3 heterocycles. The highest BCUT2D eigenvalue weighted by Crippen LogP contribution is 2.13. The van der Waals surface area contributed by atoms with Crippen LogP contribution in [-0.2, 0) is 7.05 Å². The molecule has 0 aliphatic heterocycles. The molecule has 3 rings (SSSR count). The summed E-state index contributed by atoms with van der Waals surface area (Å²) in [5, 5.41) is 3.00. The van der Waals surface area contributed by atoms with Gasteiger partial charge in [-0.15, -0.1) is 0 Å². The lowest BCUT2D eigenvalue weighted by Gasteiger charge is -2.06. The van der Waals surface area contributed by atoms with Gasteiger partial charge in [0, 0.05) is 49.8 Å². The Morgan fingerprint density at radius 1 is 1.17 bits per heavy atom. The number of imidazole rings is 1. The fourth-order valence-corrected chi connectivity index (χ4v) is 1.71. The third-order valence-electron chi connectivity index (χ3n) is 2.68. The molecule has 0 aliphatic carbocycles. The molecule has 3 aromatic heterocycles. The average molecular weight is 241 g/mol. The summed E-state index contributed by atoms with van der Waals surface area (Å²) in [4.78, 5) is 20.0. The number of nitrogens with zero attached hydrogens (tertiary/aromatic N) is 4. The van der Waals surface area contributed by atoms with Gasteiger partial charge in [-0.3, -0.25) is 4.79 Å². The van der Waals surface area contributed by atoms with Gasteiger partial charge in [0.1, 0.15) is 5.65 Å². The zero-order valence-corrected chi connectivity index (χ0v) is 9.74. The normalized spacial score (nSPS) is 10.7. The Morgan fingerprint density at radius 3 is 2.89 bits per heavy atom. The molecule has 0 radical (unpaired) electrons. The molecule has 3 aromatic rings. The molecule has 0 aromatic carbocycles. The lowest BCUT2D eigenvalue weighted by molar-refractivity contribution is 0.845. The van der Waals surface area contributed by atoms with Crippen LogP contribution in [0.15, 0.2) is 47.9 Å². The Kier molecular flexibility index (Phi) is 2.33. The van der Waals surface area contributed by atoms with Crippen LogP contribution >= 0.6 is 0 Å². The highest BCUT2D eigenvalue weighted by molar-refractivity contribution is 5.60. The van der Waals surface area contributed by atoms with E-state index in [9.17, 15) is 4.79 Å². The first-order valence-corrected chi connectivity index (χ1v) is 5.45. The van der Waals surface area contributed by atoms with E-state index >= 15 is 0 Å². The van der Waals surface area contributed by atoms with Gasteiger partial charge in [0.25, 0.3) is 5.56 Å². The van der Waals surface area contributed by atoms with Gasteiger partial charge < -0.3 is 14.3 Å². The van der Waals surface area contributed by atoms with Gasteiger partial charge in [-0.1, -0.05) is 0 Å². The molecule has 0 unspecified atom stereocenters. The summed E-state index contributed by atoms with van der Waals surface area (Å²) in [6.07, 6.45) is 8.65. The van der Waals surface area contributed by atoms with Gasteiger partial charge in [0.2, 0.25) is 0 Å². The van der Waals surface area contributed by atoms with E-state index in [0.717, 1.165) is 11.3 Å². The second-order valence-corrected chi connectivity index (χ2v) is 3.93. The Morgan fingerprint density at radius 2 is 2.00 bits per heavy atom. The van der Waals surface area contributed by atoms with Crippen molar-refractivity contribution in [2.24, 2.45) is 7.05 Å². The van der Waals surface area contributed by atoms with Gasteiger partial charge >= 0.3 is 0 Å². The minimum Gasteiger partial charge on any atom is -0.335 e. The van der Waals surface area contributed by atoms with Crippen LogP contribution < -0.4 is 10.9 Å². The molecule has 6 nitrogen and oxygen atoms in total. The number of pyridine rings is 1. The van der Waals surface area contributed by atoms with Gasteiger partial charge in [-0.2, -0.15) is 0 Å². The molecule has 0 atom stereocenters. The Labute approximate surface area is 103 Å². The molecule has 0 aliphatic rings. The third kappa shape index (κ3) is 1.73. The number of hydrogen-bond donors (Lipinski definition) is 1. The number of aromatic nitrogens is 4. The molecule has 1 N–H and O–H groups in total. The van der Waals surface area contributed by atoms with E-state index in [-0.39, 0.29) is 5.56 Å². The molecule has 18 heavy (non-hydrogen) atoms. The molecule has 0 saturated carbocycles. The highest BCUT2D eigenvalue weighted by Gasteiger charge is 2.03. The average Bonchev–Trinajstić information content (AvgIpc) is 2.82. The van der Waals surface area contributed by atoms with E-state index in [1.54, 1.807) is 25.6 Å². The lowest BCUT2D eigenvalue weighted by atomic mass is 10.4. The first-order chi connectivity index (χ1) is 8.74. The van der Waals surface area contributed by atoms with Crippen LogP contribution in [-0.4, -0.2) is 18.9 Å². The zero-order valence-electron chi connectivity index (χ0n) is 9.74. The van der Waals surface area contributed by atoms with Crippen LogP contribution in [0.2, 0.25) is 0 Å². The second-order valence-electron chi connectivity index (χ2n) is 3.93. The van der Waals surface area contributed by atoms with Gasteiger partial charge in [0.15, 0.2) is 5.82 Å². The monoisotopic (exact) mass is 241 g/mol. The predicted octanol–water partition coefficient (Wildman–Crippen LogP) is 1.17. The number of nitrogens with one attached hydrogen (secondary N) is 1. The quantitative estimate of drug-likeness (QED) is 0.731. The summed E-state index contributed by atoms with van der Waals surface area (Å²) < 4.78 is 3.37. The van der Waals surface area contributed by atoms with Gasteiger partial charge in [-0.25, -0.2) is 9.97 Å². The molecule has 0 bridgehead atoms. The first kappa shape index (κ1) is 10.5. The molecule has 0 amide bonds. The minimum atomic E-state index is -0.166. The first-order valence-electron chi connectivity index (χ1n) is 5.45. The summed E-state index contributed by atoms with van der Waals surface area (Å²) >= 11 is 0. The minimum absolute atomic E-state index is 0.166. The number of rotatable bonds is 2. The second kappa shape index (κ2) is 3.99. The topological polar surface area (TPSA) is 64.2 Å². The van der Waals surface area contributed by atoms with E-state index in [4.69, 9.17) is 0 Å². The summed E-state index contributed by atoms with van der Waals surface area (Å²) in [6.45, 7) is 0. The third-order valence-corrected chi connectivity index (χ3v) is 2.68. The Balaban J connectivity index is 2.00. The lowest BCUT2D eigenvalue weighted by Crippen LogP contribution is -2.20. The van der Waals surface area contributed by atoms with E-state index in [1.165, 1.54) is 4.57 Å². The molecular formula is C12H11N5O. The number of anilines is 2. The molecule has 90 valence electrons. The standard InChI is InChI=1S/C12H11N5O/c1-16-6-3-14-11(12(16)18)15-9-2-5-17-7-4-13-10(17)8-9/h2-8H,1H3,(H,14,15). The predicted molar refractivity (Wildman–Crippen MR) is 68.0 cm³/mol. The van der Waals surface area contributed by atoms with Crippen LogP contribution in [0.1, 0.15) is 0 Å². The van der Waals surface area contributed by atoms with Gasteiger partial charge in [0.05, 0.1) is 0 Å². The van der Waals surface area contributed by atoms with Crippen molar-refractivity contribution in [1.82, 2.24) is 18.9 Å². The van der Waals surface area contributed by atoms with Crippen LogP contribution in [0.4, 0.5) is 11.5 Å². The van der Waals surface area contributed by atoms with Crippen molar-refractivity contribution in [3.8, 4) is 0 Å². The van der Waals surface area contributed by atoms with Crippen molar-refractivity contribution in [3.05, 3.63) is 53.5 Å². The molecule has 0 spiro atoms. The number of fused-ring (bicyclic) bond motifs is 1. The van der Waals surface area contributed by atoms with Crippen molar-refractivity contribution >= 4 is 17.2 Å². The van der Waals surface area contributed by atoms with Crippen LogP contribution in [0.3, 0.4) is 0 Å². The SMILES string of the molecule is Cn1ccnc(Nc2ccn3ccnc3c2)c1=O. The highest BCUT2D eigenvalue weighted by atomic mass is 16.1. The zero-order chi connectivity index (χ0) is 12.5. The van der Waals surface area contributed by atoms with Crippen LogP contribution in [0, 0.1) is 0 Å². The van der Waals surface area contributed by atoms with E-state index in [1.807, 2.05) is 28.9 Å².